The molecule has 0 atom stereocenters. The summed E-state index contributed by atoms with van der Waals surface area (Å²) in [4.78, 5) is 3.85. The summed E-state index contributed by atoms with van der Waals surface area (Å²) in [6, 6.07) is 7.81. The van der Waals surface area contributed by atoms with E-state index in [2.05, 4.69) is 14.7 Å². The molecule has 0 spiro atoms. The van der Waals surface area contributed by atoms with Crippen LogP contribution < -0.4 is 4.74 Å². The second kappa shape index (κ2) is 3.91. The molecular weight excluding hydrogens is 180 g/mol. The number of hydrogen-bond donors (Lipinski definition) is 0. The van der Waals surface area contributed by atoms with Crippen LogP contribution in [-0.2, 0) is 6.61 Å². The molecule has 72 valence electrons. The van der Waals surface area contributed by atoms with Crippen molar-refractivity contribution in [2.45, 2.75) is 13.5 Å². The molecule has 0 aliphatic rings. The van der Waals surface area contributed by atoms with E-state index in [1.807, 2.05) is 31.2 Å². The molecule has 0 bridgehead atoms. The van der Waals surface area contributed by atoms with Crippen LogP contribution in [-0.4, -0.2) is 10.1 Å². The molecule has 0 aliphatic heterocycles. The molecule has 2 rings (SSSR count). The van der Waals surface area contributed by atoms with Crippen molar-refractivity contribution in [3.63, 3.8) is 0 Å². The number of hydrogen-bond acceptors (Lipinski definition) is 4. The monoisotopic (exact) mass is 190 g/mol. The molecule has 4 heteroatoms. The van der Waals surface area contributed by atoms with E-state index in [-0.39, 0.29) is 0 Å². The number of aromatic nitrogens is 2. The predicted octanol–water partition coefficient (Wildman–Crippen LogP) is 1.96. The zero-order valence-corrected chi connectivity index (χ0v) is 7.80. The lowest BCUT2D eigenvalue weighted by molar-refractivity contribution is 0.286. The van der Waals surface area contributed by atoms with Gasteiger partial charge in [0, 0.05) is 0 Å². The SMILES string of the molecule is Cc1ccc(OCc2ncon2)cc1. The second-order valence-corrected chi connectivity index (χ2v) is 2.95. The molecule has 1 heterocycles. The number of aryl methyl sites for hydroxylation is 1. The van der Waals surface area contributed by atoms with Gasteiger partial charge in [0.15, 0.2) is 6.61 Å². The first-order valence-corrected chi connectivity index (χ1v) is 4.29. The van der Waals surface area contributed by atoms with Crippen LogP contribution in [0, 0.1) is 6.92 Å². The summed E-state index contributed by atoms with van der Waals surface area (Å²) >= 11 is 0. The van der Waals surface area contributed by atoms with Gasteiger partial charge in [0.25, 0.3) is 0 Å². The van der Waals surface area contributed by atoms with E-state index >= 15 is 0 Å². The standard InChI is InChI=1S/C10H10N2O2/c1-8-2-4-9(5-3-8)13-6-10-11-7-14-12-10/h2-5,7H,6H2,1H3. The van der Waals surface area contributed by atoms with Crippen molar-refractivity contribution in [1.82, 2.24) is 10.1 Å². The average Bonchev–Trinajstić information content (AvgIpc) is 2.70. The molecular formula is C10H10N2O2. The highest BCUT2D eigenvalue weighted by molar-refractivity contribution is 5.26. The fourth-order valence-corrected chi connectivity index (χ4v) is 1.04. The molecule has 0 N–H and O–H groups in total. The Morgan fingerprint density at radius 3 is 2.71 bits per heavy atom. The highest BCUT2D eigenvalue weighted by Crippen LogP contribution is 2.12. The largest absolute Gasteiger partial charge is 0.485 e. The van der Waals surface area contributed by atoms with Crippen LogP contribution in [0.3, 0.4) is 0 Å². The Balaban J connectivity index is 1.95. The van der Waals surface area contributed by atoms with Crippen LogP contribution >= 0.6 is 0 Å². The fraction of sp³-hybridized carbons (Fsp3) is 0.200. The van der Waals surface area contributed by atoms with E-state index in [1.165, 1.54) is 12.0 Å². The fourth-order valence-electron chi connectivity index (χ4n) is 1.04. The van der Waals surface area contributed by atoms with Gasteiger partial charge in [-0.05, 0) is 19.1 Å². The first-order valence-electron chi connectivity index (χ1n) is 4.29. The molecule has 2 aromatic rings. The van der Waals surface area contributed by atoms with Gasteiger partial charge in [0.05, 0.1) is 0 Å². The third-order valence-corrected chi connectivity index (χ3v) is 1.80. The Morgan fingerprint density at radius 2 is 2.07 bits per heavy atom. The molecule has 14 heavy (non-hydrogen) atoms. The van der Waals surface area contributed by atoms with Crippen molar-refractivity contribution in [2.75, 3.05) is 0 Å². The molecule has 1 aromatic carbocycles. The number of nitrogens with zero attached hydrogens (tertiary/aromatic N) is 2. The van der Waals surface area contributed by atoms with Crippen molar-refractivity contribution in [1.29, 1.82) is 0 Å². The smallest absolute Gasteiger partial charge is 0.213 e. The van der Waals surface area contributed by atoms with Crippen LogP contribution in [0.25, 0.3) is 0 Å². The van der Waals surface area contributed by atoms with Gasteiger partial charge in [-0.15, -0.1) is 0 Å². The Morgan fingerprint density at radius 1 is 1.29 bits per heavy atom. The molecule has 0 saturated heterocycles. The van der Waals surface area contributed by atoms with Gasteiger partial charge >= 0.3 is 0 Å². The van der Waals surface area contributed by atoms with E-state index in [0.29, 0.717) is 12.4 Å². The summed E-state index contributed by atoms with van der Waals surface area (Å²) < 4.78 is 10.0. The number of ether oxygens (including phenoxy) is 1. The Hall–Kier alpha value is -1.84. The first kappa shape index (κ1) is 8.74. The third-order valence-electron chi connectivity index (χ3n) is 1.80. The van der Waals surface area contributed by atoms with Gasteiger partial charge in [0.1, 0.15) is 5.75 Å². The molecule has 0 aliphatic carbocycles. The Kier molecular flexibility index (Phi) is 2.44. The Labute approximate surface area is 81.5 Å². The van der Waals surface area contributed by atoms with E-state index in [9.17, 15) is 0 Å². The van der Waals surface area contributed by atoms with E-state index in [1.54, 1.807) is 0 Å². The van der Waals surface area contributed by atoms with Crippen molar-refractivity contribution in [2.24, 2.45) is 0 Å². The van der Waals surface area contributed by atoms with Crippen LogP contribution in [0.2, 0.25) is 0 Å². The molecule has 0 saturated carbocycles. The topological polar surface area (TPSA) is 48.2 Å². The summed E-state index contributed by atoms with van der Waals surface area (Å²) in [5.74, 6) is 1.35. The summed E-state index contributed by atoms with van der Waals surface area (Å²) in [6.07, 6.45) is 1.29. The van der Waals surface area contributed by atoms with Crippen LogP contribution in [0.15, 0.2) is 35.2 Å². The highest BCUT2D eigenvalue weighted by atomic mass is 16.5. The van der Waals surface area contributed by atoms with Gasteiger partial charge in [-0.25, -0.2) is 0 Å². The maximum atomic E-state index is 5.42. The summed E-state index contributed by atoms with van der Waals surface area (Å²) in [5.41, 5.74) is 1.21. The van der Waals surface area contributed by atoms with Gasteiger partial charge in [0.2, 0.25) is 12.2 Å². The van der Waals surface area contributed by atoms with Gasteiger partial charge in [-0.1, -0.05) is 22.9 Å². The minimum Gasteiger partial charge on any atom is -0.485 e. The molecule has 0 fully saturated rings. The normalized spacial score (nSPS) is 10.1. The van der Waals surface area contributed by atoms with Crippen LogP contribution in [0.4, 0.5) is 0 Å². The lowest BCUT2D eigenvalue weighted by atomic mass is 10.2. The second-order valence-electron chi connectivity index (χ2n) is 2.95. The quantitative estimate of drug-likeness (QED) is 0.742. The summed E-state index contributed by atoms with van der Waals surface area (Å²) in [5, 5.41) is 3.64. The van der Waals surface area contributed by atoms with E-state index < -0.39 is 0 Å². The minimum atomic E-state index is 0.333. The minimum absolute atomic E-state index is 0.333. The summed E-state index contributed by atoms with van der Waals surface area (Å²) in [7, 11) is 0. The number of benzene rings is 1. The zero-order chi connectivity index (χ0) is 9.80. The maximum Gasteiger partial charge on any atom is 0.213 e. The lowest BCUT2D eigenvalue weighted by Crippen LogP contribution is -1.96. The van der Waals surface area contributed by atoms with Crippen molar-refractivity contribution >= 4 is 0 Å². The molecule has 4 nitrogen and oxygen atoms in total. The van der Waals surface area contributed by atoms with Gasteiger partial charge in [-0.3, -0.25) is 0 Å². The highest BCUT2D eigenvalue weighted by Gasteiger charge is 1.99. The van der Waals surface area contributed by atoms with E-state index in [4.69, 9.17) is 4.74 Å². The molecule has 1 aromatic heterocycles. The van der Waals surface area contributed by atoms with Crippen molar-refractivity contribution < 1.29 is 9.26 Å². The molecule has 0 radical (unpaired) electrons. The molecule has 0 amide bonds. The van der Waals surface area contributed by atoms with E-state index in [0.717, 1.165) is 5.75 Å². The number of rotatable bonds is 3. The van der Waals surface area contributed by atoms with Crippen molar-refractivity contribution in [3.8, 4) is 5.75 Å². The maximum absolute atomic E-state index is 5.42. The first-order chi connectivity index (χ1) is 6.84. The van der Waals surface area contributed by atoms with Gasteiger partial charge < -0.3 is 9.26 Å². The van der Waals surface area contributed by atoms with Gasteiger partial charge in [-0.2, -0.15) is 4.98 Å². The summed E-state index contributed by atoms with van der Waals surface area (Å²) in [6.45, 7) is 2.36. The van der Waals surface area contributed by atoms with Crippen LogP contribution in [0.1, 0.15) is 11.4 Å². The average molecular weight is 190 g/mol. The molecule has 0 unspecified atom stereocenters. The Bertz CT molecular complexity index is 381. The predicted molar refractivity (Wildman–Crippen MR) is 49.8 cm³/mol. The zero-order valence-electron chi connectivity index (χ0n) is 7.80. The van der Waals surface area contributed by atoms with Crippen molar-refractivity contribution in [3.05, 3.63) is 42.0 Å². The van der Waals surface area contributed by atoms with Crippen LogP contribution in [0.5, 0.6) is 5.75 Å². The third kappa shape index (κ3) is 2.10. The lowest BCUT2D eigenvalue weighted by Gasteiger charge is -2.02.